The largest absolute Gasteiger partial charge is 0.383 e. The third-order valence-corrected chi connectivity index (χ3v) is 3.74. The topological polar surface area (TPSA) is 15.0 Å². The molecule has 0 amide bonds. The van der Waals surface area contributed by atoms with Gasteiger partial charge in [0, 0.05) is 26.1 Å². The van der Waals surface area contributed by atoms with Crippen molar-refractivity contribution in [1.82, 2.24) is 0 Å². The van der Waals surface area contributed by atoms with Crippen LogP contribution >= 0.6 is 0 Å². The van der Waals surface area contributed by atoms with Crippen LogP contribution in [0.5, 0.6) is 0 Å². The minimum atomic E-state index is 0.397. The number of anilines is 1. The van der Waals surface area contributed by atoms with Gasteiger partial charge in [0.1, 0.15) is 11.1 Å². The summed E-state index contributed by atoms with van der Waals surface area (Å²) in [5.41, 5.74) is 4.69. The summed E-state index contributed by atoms with van der Waals surface area (Å²) in [5.74, 6) is 0. The summed E-state index contributed by atoms with van der Waals surface area (Å²) in [6, 6.07) is 8.73. The maximum Gasteiger partial charge on any atom is 0.160 e. The third kappa shape index (κ3) is 1.14. The van der Waals surface area contributed by atoms with Crippen LogP contribution in [0.2, 0.25) is 0 Å². The van der Waals surface area contributed by atoms with Gasteiger partial charge in [-0.1, -0.05) is 18.2 Å². The van der Waals surface area contributed by atoms with Crippen molar-refractivity contribution in [3.63, 3.8) is 0 Å². The van der Waals surface area contributed by atoms with E-state index in [0.29, 0.717) is 5.41 Å². The maximum atomic E-state index is 3.52. The van der Waals surface area contributed by atoms with Crippen LogP contribution in [0.25, 0.3) is 0 Å². The minimum absolute atomic E-state index is 0.397. The van der Waals surface area contributed by atoms with E-state index in [1.165, 1.54) is 30.1 Å². The lowest BCUT2D eigenvalue weighted by atomic mass is 9.76. The van der Waals surface area contributed by atoms with Gasteiger partial charge in [-0.3, -0.25) is 0 Å². The molecule has 0 aromatic heterocycles. The molecule has 2 heterocycles. The van der Waals surface area contributed by atoms with Crippen LogP contribution in [0.4, 0.5) is 5.69 Å². The van der Waals surface area contributed by atoms with E-state index in [-0.39, 0.29) is 0 Å². The fraction of sp³-hybridized carbons (Fsp3) is 0.462. The molecule has 1 spiro atoms. The highest BCUT2D eigenvalue weighted by Crippen LogP contribution is 2.41. The number of hydrogen-bond acceptors (Lipinski definition) is 1. The van der Waals surface area contributed by atoms with Crippen molar-refractivity contribution in [3.8, 4) is 0 Å². The Morgan fingerprint density at radius 1 is 1.27 bits per heavy atom. The second kappa shape index (κ2) is 2.84. The van der Waals surface area contributed by atoms with Gasteiger partial charge in [-0.2, -0.15) is 0 Å². The van der Waals surface area contributed by atoms with Gasteiger partial charge in [-0.15, -0.1) is 0 Å². The van der Waals surface area contributed by atoms with E-state index in [2.05, 4.69) is 48.0 Å². The number of rotatable bonds is 0. The SMILES string of the molecule is CC(C)=[N+]1CC2(CNc3ccccc32)C1. The van der Waals surface area contributed by atoms with Crippen LogP contribution in [-0.4, -0.2) is 29.9 Å². The van der Waals surface area contributed by atoms with Crippen LogP contribution in [0.15, 0.2) is 24.3 Å². The normalized spacial score (nSPS) is 27.2. The smallest absolute Gasteiger partial charge is 0.160 e. The molecule has 1 fully saturated rings. The van der Waals surface area contributed by atoms with E-state index in [1.54, 1.807) is 0 Å². The average Bonchev–Trinajstić information content (AvgIpc) is 2.54. The Hall–Kier alpha value is -1.31. The lowest BCUT2D eigenvalue weighted by Gasteiger charge is -2.35. The highest BCUT2D eigenvalue weighted by molar-refractivity contribution is 5.74. The van der Waals surface area contributed by atoms with E-state index in [0.717, 1.165) is 6.54 Å². The van der Waals surface area contributed by atoms with Crippen molar-refractivity contribution in [2.75, 3.05) is 25.0 Å². The summed E-state index contributed by atoms with van der Waals surface area (Å²) < 4.78 is 2.46. The zero-order valence-corrected chi connectivity index (χ0v) is 9.38. The molecule has 0 atom stereocenters. The molecule has 2 aliphatic heterocycles. The number of benzene rings is 1. The predicted octanol–water partition coefficient (Wildman–Crippen LogP) is 1.86. The summed E-state index contributed by atoms with van der Waals surface area (Å²) in [7, 11) is 0. The van der Waals surface area contributed by atoms with Crippen LogP contribution in [0.1, 0.15) is 19.4 Å². The minimum Gasteiger partial charge on any atom is -0.383 e. The highest BCUT2D eigenvalue weighted by atomic mass is 15.1. The van der Waals surface area contributed by atoms with Crippen molar-refractivity contribution in [1.29, 1.82) is 0 Å². The first kappa shape index (κ1) is 8.96. The molecule has 2 heteroatoms. The van der Waals surface area contributed by atoms with Gasteiger partial charge in [0.25, 0.3) is 0 Å². The molecule has 3 rings (SSSR count). The number of fused-ring (bicyclic) bond motifs is 2. The molecule has 15 heavy (non-hydrogen) atoms. The molecular weight excluding hydrogens is 184 g/mol. The van der Waals surface area contributed by atoms with Crippen molar-refractivity contribution < 1.29 is 4.58 Å². The lowest BCUT2D eigenvalue weighted by molar-refractivity contribution is -0.610. The Balaban J connectivity index is 1.97. The second-order valence-corrected chi connectivity index (χ2v) is 4.98. The first-order valence-electron chi connectivity index (χ1n) is 5.60. The van der Waals surface area contributed by atoms with Gasteiger partial charge in [0.2, 0.25) is 0 Å². The average molecular weight is 201 g/mol. The molecular formula is C13H17N2+. The lowest BCUT2D eigenvalue weighted by Crippen LogP contribution is -2.57. The monoisotopic (exact) mass is 201 g/mol. The molecule has 78 valence electrons. The molecule has 0 bridgehead atoms. The second-order valence-electron chi connectivity index (χ2n) is 4.98. The Bertz CT molecular complexity index is 434. The molecule has 1 aromatic carbocycles. The zero-order chi connectivity index (χ0) is 10.5. The third-order valence-electron chi connectivity index (χ3n) is 3.74. The van der Waals surface area contributed by atoms with Crippen LogP contribution in [0, 0.1) is 0 Å². The summed E-state index contributed by atoms with van der Waals surface area (Å²) in [6.07, 6.45) is 0. The maximum absolute atomic E-state index is 3.52. The zero-order valence-electron chi connectivity index (χ0n) is 9.38. The van der Waals surface area contributed by atoms with Crippen molar-refractivity contribution in [2.45, 2.75) is 19.3 Å². The molecule has 1 saturated heterocycles. The summed E-state index contributed by atoms with van der Waals surface area (Å²) >= 11 is 0. The molecule has 2 nitrogen and oxygen atoms in total. The molecule has 1 aromatic rings. The first-order chi connectivity index (χ1) is 7.21. The molecule has 2 aliphatic rings. The van der Waals surface area contributed by atoms with Gasteiger partial charge >= 0.3 is 0 Å². The van der Waals surface area contributed by atoms with E-state index in [9.17, 15) is 0 Å². The Kier molecular flexibility index (Phi) is 1.70. The van der Waals surface area contributed by atoms with Gasteiger partial charge in [-0.25, -0.2) is 4.58 Å². The van der Waals surface area contributed by atoms with Gasteiger partial charge in [-0.05, 0) is 11.6 Å². The summed E-state index contributed by atoms with van der Waals surface area (Å²) in [4.78, 5) is 0. The molecule has 0 radical (unpaired) electrons. The molecule has 0 saturated carbocycles. The van der Waals surface area contributed by atoms with Crippen molar-refractivity contribution >= 4 is 11.4 Å². The standard InChI is InChI=1S/C13H17N2/c1-10(2)15-8-13(9-15)7-14-12-6-4-3-5-11(12)13/h3-6,14H,7-9H2,1-2H3/q+1. The number of para-hydroxylation sites is 1. The van der Waals surface area contributed by atoms with Crippen molar-refractivity contribution in [3.05, 3.63) is 29.8 Å². The van der Waals surface area contributed by atoms with Crippen LogP contribution in [-0.2, 0) is 5.41 Å². The van der Waals surface area contributed by atoms with Crippen LogP contribution < -0.4 is 5.32 Å². The fourth-order valence-corrected chi connectivity index (χ4v) is 2.74. The van der Waals surface area contributed by atoms with E-state index >= 15 is 0 Å². The summed E-state index contributed by atoms with van der Waals surface area (Å²) in [5, 5.41) is 3.52. The number of hydrogen-bond donors (Lipinski definition) is 1. The fourth-order valence-electron chi connectivity index (χ4n) is 2.74. The Morgan fingerprint density at radius 2 is 2.00 bits per heavy atom. The predicted molar refractivity (Wildman–Crippen MR) is 63.0 cm³/mol. The van der Waals surface area contributed by atoms with E-state index in [4.69, 9.17) is 0 Å². The van der Waals surface area contributed by atoms with Gasteiger partial charge in [0.05, 0.1) is 0 Å². The molecule has 0 unspecified atom stereocenters. The Labute approximate surface area is 90.6 Å². The van der Waals surface area contributed by atoms with Crippen molar-refractivity contribution in [2.24, 2.45) is 0 Å². The first-order valence-corrected chi connectivity index (χ1v) is 5.60. The van der Waals surface area contributed by atoms with Crippen LogP contribution in [0.3, 0.4) is 0 Å². The quantitative estimate of drug-likeness (QED) is 0.633. The summed E-state index contributed by atoms with van der Waals surface area (Å²) in [6.45, 7) is 7.86. The highest BCUT2D eigenvalue weighted by Gasteiger charge is 2.53. The Morgan fingerprint density at radius 3 is 2.73 bits per heavy atom. The van der Waals surface area contributed by atoms with E-state index in [1.807, 2.05) is 0 Å². The van der Waals surface area contributed by atoms with Gasteiger partial charge in [0.15, 0.2) is 13.1 Å². The number of nitrogens with zero attached hydrogens (tertiary/aromatic N) is 1. The van der Waals surface area contributed by atoms with E-state index < -0.39 is 0 Å². The molecule has 0 aliphatic carbocycles. The van der Waals surface area contributed by atoms with Gasteiger partial charge < -0.3 is 5.32 Å². The molecule has 1 N–H and O–H groups in total. The number of nitrogens with one attached hydrogen (secondary N) is 1.